The summed E-state index contributed by atoms with van der Waals surface area (Å²) < 4.78 is 139. The second-order valence-corrected chi connectivity index (χ2v) is 23.7. The van der Waals surface area contributed by atoms with E-state index in [4.69, 9.17) is 0 Å². The second-order valence-electron chi connectivity index (χ2n) is 23.7. The fourth-order valence-corrected chi connectivity index (χ4v) is 15.2. The third-order valence-electron chi connectivity index (χ3n) is 18.7. The van der Waals surface area contributed by atoms with E-state index in [1.54, 1.807) is 18.2 Å². The van der Waals surface area contributed by atoms with Gasteiger partial charge >= 0.3 is 18.5 Å². The highest BCUT2D eigenvalue weighted by molar-refractivity contribution is 7.02. The van der Waals surface area contributed by atoms with Gasteiger partial charge in [-0.05, 0) is 214 Å². The molecule has 13 heteroatoms. The first-order valence-electron chi connectivity index (χ1n) is 29.0. The lowest BCUT2D eigenvalue weighted by atomic mass is 9.31. The second kappa shape index (κ2) is 18.3. The van der Waals surface area contributed by atoms with Crippen molar-refractivity contribution >= 4 is 113 Å². The highest BCUT2D eigenvalue weighted by Gasteiger charge is 2.48. The van der Waals surface area contributed by atoms with E-state index in [1.807, 2.05) is 139 Å². The molecule has 0 aliphatic carbocycles. The molecule has 0 amide bonds. The van der Waals surface area contributed by atoms with Gasteiger partial charge in [-0.2, -0.15) is 39.5 Å². The molecule has 0 saturated carbocycles. The van der Waals surface area contributed by atoms with Crippen molar-refractivity contribution in [1.82, 2.24) is 0 Å². The molecule has 17 rings (SSSR count). The number of aryl methyl sites for hydroxylation is 2. The maximum atomic E-state index is 16.0. The topological polar surface area (TPSA) is 6.48 Å². The molecule has 4 aliphatic rings. The Morgan fingerprint density at radius 1 is 0.284 bits per heavy atom. The van der Waals surface area contributed by atoms with Crippen LogP contribution in [0.1, 0.15) is 27.8 Å². The molecular formula is C75H43B2F9N2. The molecule has 0 atom stereocenters. The largest absolute Gasteiger partial charge is 0.416 e. The molecule has 0 fully saturated rings. The number of rotatable bonds is 5. The van der Waals surface area contributed by atoms with E-state index in [9.17, 15) is 0 Å². The minimum Gasteiger partial charge on any atom is -0.311 e. The average molecular weight is 1160 g/mol. The van der Waals surface area contributed by atoms with Crippen LogP contribution in [-0.2, 0) is 18.5 Å². The summed E-state index contributed by atoms with van der Waals surface area (Å²) in [6.07, 6.45) is -14.3. The number of halogens is 9. The van der Waals surface area contributed by atoms with Crippen LogP contribution in [0, 0.1) is 13.8 Å². The molecule has 422 valence electrons. The van der Waals surface area contributed by atoms with Gasteiger partial charge in [0.2, 0.25) is 13.4 Å². The van der Waals surface area contributed by atoms with E-state index in [0.29, 0.717) is 77.9 Å². The van der Waals surface area contributed by atoms with Crippen LogP contribution in [0.2, 0.25) is 0 Å². The zero-order valence-electron chi connectivity index (χ0n) is 46.8. The molecule has 4 heterocycles. The maximum Gasteiger partial charge on any atom is 0.416 e. The molecule has 0 aromatic heterocycles. The predicted molar refractivity (Wildman–Crippen MR) is 340 cm³/mol. The summed E-state index contributed by atoms with van der Waals surface area (Å²) in [6, 6.07) is 66.8. The number of hydrogen-bond acceptors (Lipinski definition) is 2. The van der Waals surface area contributed by atoms with Gasteiger partial charge in [0.25, 0.3) is 0 Å². The van der Waals surface area contributed by atoms with Gasteiger partial charge in [-0.25, -0.2) is 0 Å². The Labute approximate surface area is 499 Å². The predicted octanol–water partition coefficient (Wildman–Crippen LogP) is 17.8. The van der Waals surface area contributed by atoms with Crippen molar-refractivity contribution in [3.63, 3.8) is 0 Å². The number of nitrogens with zero attached hydrogens (tertiary/aromatic N) is 2. The van der Waals surface area contributed by atoms with Gasteiger partial charge in [-0.3, -0.25) is 0 Å². The van der Waals surface area contributed by atoms with E-state index in [-0.39, 0.29) is 5.56 Å². The Hall–Kier alpha value is -10.0. The van der Waals surface area contributed by atoms with Gasteiger partial charge < -0.3 is 9.80 Å². The van der Waals surface area contributed by atoms with Crippen molar-refractivity contribution in [2.24, 2.45) is 0 Å². The highest BCUT2D eigenvalue weighted by atomic mass is 19.4. The number of fused-ring (bicyclic) bond motifs is 8. The smallest absolute Gasteiger partial charge is 0.311 e. The number of anilines is 6. The molecule has 13 aromatic rings. The molecule has 13 aromatic carbocycles. The van der Waals surface area contributed by atoms with Gasteiger partial charge in [0.05, 0.1) is 16.7 Å². The van der Waals surface area contributed by atoms with Crippen LogP contribution in [0.25, 0.3) is 88.0 Å². The quantitative estimate of drug-likeness (QED) is 0.0963. The Bertz CT molecular complexity index is 5160. The van der Waals surface area contributed by atoms with Crippen LogP contribution in [0.15, 0.2) is 224 Å². The van der Waals surface area contributed by atoms with Gasteiger partial charge in [-0.15, -0.1) is 0 Å². The lowest BCUT2D eigenvalue weighted by Crippen LogP contribution is -2.60. The molecule has 0 bridgehead atoms. The number of hydrogen-bond donors (Lipinski definition) is 0. The summed E-state index contributed by atoms with van der Waals surface area (Å²) in [5.41, 5.74) is 13.4. The molecule has 0 spiro atoms. The van der Waals surface area contributed by atoms with E-state index >= 15 is 39.5 Å². The van der Waals surface area contributed by atoms with Gasteiger partial charge in [-0.1, -0.05) is 157 Å². The van der Waals surface area contributed by atoms with Crippen LogP contribution in [0.3, 0.4) is 0 Å². The molecule has 4 aliphatic heterocycles. The molecule has 0 unspecified atom stereocenters. The lowest BCUT2D eigenvalue weighted by molar-refractivity contribution is -0.138. The maximum absolute atomic E-state index is 16.0. The Kier molecular flexibility index (Phi) is 10.9. The van der Waals surface area contributed by atoms with Crippen molar-refractivity contribution in [2.45, 2.75) is 32.4 Å². The molecule has 0 radical (unpaired) electrons. The van der Waals surface area contributed by atoms with E-state index < -0.39 is 48.6 Å². The fraction of sp³-hybridized carbons (Fsp3) is 0.0667. The monoisotopic (exact) mass is 1160 g/mol. The zero-order chi connectivity index (χ0) is 60.0. The van der Waals surface area contributed by atoms with E-state index in [2.05, 4.69) is 48.5 Å². The average Bonchev–Trinajstić information content (AvgIpc) is 0.672. The molecule has 88 heavy (non-hydrogen) atoms. The van der Waals surface area contributed by atoms with Crippen LogP contribution < -0.4 is 42.6 Å². The lowest BCUT2D eigenvalue weighted by Gasteiger charge is -2.43. The fourth-order valence-electron chi connectivity index (χ4n) is 15.2. The minimum absolute atomic E-state index is 0.184. The Morgan fingerprint density at radius 3 is 1.35 bits per heavy atom. The van der Waals surface area contributed by atoms with Crippen LogP contribution in [0.5, 0.6) is 0 Å². The van der Waals surface area contributed by atoms with Crippen molar-refractivity contribution in [2.75, 3.05) is 9.80 Å². The summed E-state index contributed by atoms with van der Waals surface area (Å²) in [5, 5.41) is 4.20. The minimum atomic E-state index is -4.83. The molecule has 0 N–H and O–H groups in total. The first-order chi connectivity index (χ1) is 42.4. The van der Waals surface area contributed by atoms with Crippen LogP contribution >= 0.6 is 0 Å². The van der Waals surface area contributed by atoms with Gasteiger partial charge in [0.1, 0.15) is 0 Å². The summed E-state index contributed by atoms with van der Waals surface area (Å²) in [4.78, 5) is 3.81. The number of benzene rings is 13. The Balaban J connectivity index is 1.11. The first-order valence-corrected chi connectivity index (χ1v) is 29.0. The number of alkyl halides is 9. The van der Waals surface area contributed by atoms with Crippen LogP contribution in [-0.4, -0.2) is 13.4 Å². The third-order valence-corrected chi connectivity index (χ3v) is 18.7. The van der Waals surface area contributed by atoms with Crippen molar-refractivity contribution in [3.05, 3.63) is 252 Å². The first kappa shape index (κ1) is 52.3. The van der Waals surface area contributed by atoms with Gasteiger partial charge in [0, 0.05) is 34.1 Å². The number of para-hydroxylation sites is 2. The zero-order valence-corrected chi connectivity index (χ0v) is 46.8. The SMILES string of the molecule is Cc1ccc2c(c1)N(c1ccccc1)c1cc(C(F)(F)F)cc3c1B2c1cc2c(-c4ccccc4-c4ccccc4)cc4c5c(cc6c(-c7cccc(C(F)(F)F)c7)cc-3c1c6c25)B1c2ccc(C(F)(F)F)cc2N(c2ccccc2)c2cc(C)cc-4c21. The van der Waals surface area contributed by atoms with Crippen molar-refractivity contribution < 1.29 is 39.5 Å². The van der Waals surface area contributed by atoms with E-state index in [1.165, 1.54) is 24.3 Å². The third kappa shape index (κ3) is 7.48. The summed E-state index contributed by atoms with van der Waals surface area (Å²) >= 11 is 0. The molecule has 0 saturated heterocycles. The standard InChI is InChI=1S/C75H43B2F9N2/c1-40-25-27-59-63(30-40)87(47-19-8-4-9-20-47)66-35-46(75(84,85)86)33-58-53-36-51(43-17-14-18-44(32-43)73(78,79)80)55-38-61-68-54(57-29-41(2)31-65-71(57)77(61)60-28-26-45(74(81,82)83)34-64(60)88(65)48-21-10-5-11-22-48)37-52(50-24-13-12-23-49(50)42-15-6-3-7-16-42)56-39-62(76(59)72(58)66)67(53)69(55)70(56)68/h3-39H,1-2H3. The summed E-state index contributed by atoms with van der Waals surface area (Å²) in [6.45, 7) is 2.55. The summed E-state index contributed by atoms with van der Waals surface area (Å²) in [5.74, 6) is 0. The van der Waals surface area contributed by atoms with Gasteiger partial charge in [0.15, 0.2) is 0 Å². The van der Waals surface area contributed by atoms with Crippen molar-refractivity contribution in [3.8, 4) is 55.6 Å². The molecule has 2 nitrogen and oxygen atoms in total. The van der Waals surface area contributed by atoms with E-state index in [0.717, 1.165) is 101 Å². The van der Waals surface area contributed by atoms with Crippen molar-refractivity contribution in [1.29, 1.82) is 0 Å². The van der Waals surface area contributed by atoms with Crippen LogP contribution in [0.4, 0.5) is 73.6 Å². The highest BCUT2D eigenvalue weighted by Crippen LogP contribution is 2.54. The normalized spacial score (nSPS) is 13.8. The molecular weight excluding hydrogens is 1120 g/mol. The Morgan fingerprint density at radius 2 is 0.750 bits per heavy atom. The summed E-state index contributed by atoms with van der Waals surface area (Å²) in [7, 11) is 0.